The van der Waals surface area contributed by atoms with Crippen LogP contribution in [0.3, 0.4) is 0 Å². The van der Waals surface area contributed by atoms with Gasteiger partial charge in [0.25, 0.3) is 0 Å². The Morgan fingerprint density at radius 2 is 2.00 bits per heavy atom. The molecule has 0 aliphatic heterocycles. The molecule has 0 aliphatic carbocycles. The van der Waals surface area contributed by atoms with E-state index in [2.05, 4.69) is 15.4 Å². The van der Waals surface area contributed by atoms with Crippen molar-refractivity contribution in [2.24, 2.45) is 7.05 Å². The van der Waals surface area contributed by atoms with E-state index in [1.165, 1.54) is 10.7 Å². The summed E-state index contributed by atoms with van der Waals surface area (Å²) in [5.41, 5.74) is 0.482. The minimum Gasteiger partial charge on any atom is -0.356 e. The Bertz CT molecular complexity index is 522. The lowest BCUT2D eigenvalue weighted by molar-refractivity contribution is 0.509. The fourth-order valence-electron chi connectivity index (χ4n) is 1.38. The van der Waals surface area contributed by atoms with E-state index in [1.807, 2.05) is 0 Å². The molecule has 0 radical (unpaired) electrons. The quantitative estimate of drug-likeness (QED) is 0.845. The lowest BCUT2D eigenvalue weighted by atomic mass is 10.2. The van der Waals surface area contributed by atoms with Crippen LogP contribution in [0.1, 0.15) is 0 Å². The molecule has 0 bridgehead atoms. The monoisotopic (exact) mass is 224 g/mol. The van der Waals surface area contributed by atoms with Crippen molar-refractivity contribution in [2.75, 3.05) is 12.4 Å². The number of hydrogen-bond donors (Lipinski definition) is 1. The molecule has 0 fully saturated rings. The first-order valence-corrected chi connectivity index (χ1v) is 4.66. The van der Waals surface area contributed by atoms with Gasteiger partial charge in [0.1, 0.15) is 0 Å². The SMILES string of the molecule is CNc1nc(-c2ccc(F)c(F)c2)n(C)n1. The Morgan fingerprint density at radius 1 is 1.25 bits per heavy atom. The average molecular weight is 224 g/mol. The van der Waals surface area contributed by atoms with Crippen LogP contribution < -0.4 is 5.32 Å². The second-order valence-corrected chi connectivity index (χ2v) is 3.26. The summed E-state index contributed by atoms with van der Waals surface area (Å²) in [6, 6.07) is 3.62. The molecule has 2 rings (SSSR count). The molecule has 1 aromatic heterocycles. The Balaban J connectivity index is 2.49. The highest BCUT2D eigenvalue weighted by atomic mass is 19.2. The number of halogens is 2. The second kappa shape index (κ2) is 3.88. The van der Waals surface area contributed by atoms with Gasteiger partial charge >= 0.3 is 0 Å². The first-order chi connectivity index (χ1) is 7.61. The topological polar surface area (TPSA) is 42.7 Å². The number of aromatic nitrogens is 3. The zero-order chi connectivity index (χ0) is 11.7. The molecular weight excluding hydrogens is 214 g/mol. The highest BCUT2D eigenvalue weighted by Crippen LogP contribution is 2.20. The maximum absolute atomic E-state index is 13.0. The van der Waals surface area contributed by atoms with Gasteiger partial charge in [0.05, 0.1) is 0 Å². The Labute approximate surface area is 90.9 Å². The molecule has 1 N–H and O–H groups in total. The Morgan fingerprint density at radius 3 is 2.56 bits per heavy atom. The van der Waals surface area contributed by atoms with Gasteiger partial charge in [-0.3, -0.25) is 0 Å². The first-order valence-electron chi connectivity index (χ1n) is 4.66. The molecule has 0 saturated carbocycles. The van der Waals surface area contributed by atoms with Crippen molar-refractivity contribution in [3.63, 3.8) is 0 Å². The van der Waals surface area contributed by atoms with E-state index in [0.717, 1.165) is 12.1 Å². The smallest absolute Gasteiger partial charge is 0.242 e. The number of hydrogen-bond acceptors (Lipinski definition) is 3. The molecule has 16 heavy (non-hydrogen) atoms. The van der Waals surface area contributed by atoms with Crippen LogP contribution in [0, 0.1) is 11.6 Å². The lowest BCUT2D eigenvalue weighted by Gasteiger charge is -2.00. The number of anilines is 1. The van der Waals surface area contributed by atoms with Crippen molar-refractivity contribution < 1.29 is 8.78 Å². The van der Waals surface area contributed by atoms with E-state index in [-0.39, 0.29) is 0 Å². The molecule has 0 aliphatic rings. The molecule has 4 nitrogen and oxygen atoms in total. The summed E-state index contributed by atoms with van der Waals surface area (Å²) < 4.78 is 27.3. The van der Waals surface area contributed by atoms with Crippen LogP contribution in [-0.4, -0.2) is 21.8 Å². The van der Waals surface area contributed by atoms with Gasteiger partial charge in [-0.15, -0.1) is 5.10 Å². The van der Waals surface area contributed by atoms with Gasteiger partial charge in [-0.1, -0.05) is 0 Å². The molecule has 0 atom stereocenters. The van der Waals surface area contributed by atoms with Crippen LogP contribution in [0.25, 0.3) is 11.4 Å². The van der Waals surface area contributed by atoms with Gasteiger partial charge in [0.15, 0.2) is 17.5 Å². The maximum Gasteiger partial charge on any atom is 0.242 e. The van der Waals surface area contributed by atoms with Crippen molar-refractivity contribution in [1.82, 2.24) is 14.8 Å². The van der Waals surface area contributed by atoms with E-state index in [9.17, 15) is 8.78 Å². The minimum atomic E-state index is -0.897. The lowest BCUT2D eigenvalue weighted by Crippen LogP contribution is -1.96. The van der Waals surface area contributed by atoms with Gasteiger partial charge in [0, 0.05) is 19.7 Å². The number of rotatable bonds is 2. The van der Waals surface area contributed by atoms with Gasteiger partial charge < -0.3 is 5.32 Å². The minimum absolute atomic E-state index is 0.433. The fraction of sp³-hybridized carbons (Fsp3) is 0.200. The first kappa shape index (κ1) is 10.5. The van der Waals surface area contributed by atoms with Gasteiger partial charge in [-0.05, 0) is 18.2 Å². The third kappa shape index (κ3) is 1.73. The van der Waals surface area contributed by atoms with Crippen LogP contribution in [0.15, 0.2) is 18.2 Å². The van der Waals surface area contributed by atoms with Crippen LogP contribution in [0.2, 0.25) is 0 Å². The molecular formula is C10H10F2N4. The fourth-order valence-corrected chi connectivity index (χ4v) is 1.38. The van der Waals surface area contributed by atoms with Crippen molar-refractivity contribution in [3.8, 4) is 11.4 Å². The average Bonchev–Trinajstić information content (AvgIpc) is 2.64. The predicted molar refractivity (Wildman–Crippen MR) is 55.9 cm³/mol. The van der Waals surface area contributed by atoms with Crippen molar-refractivity contribution in [1.29, 1.82) is 0 Å². The predicted octanol–water partition coefficient (Wildman–Crippen LogP) is 1.80. The van der Waals surface area contributed by atoms with Crippen LogP contribution >= 0.6 is 0 Å². The molecule has 6 heteroatoms. The maximum atomic E-state index is 13.0. The van der Waals surface area contributed by atoms with E-state index in [0.29, 0.717) is 17.3 Å². The molecule has 0 saturated heterocycles. The van der Waals surface area contributed by atoms with Crippen LogP contribution in [0.4, 0.5) is 14.7 Å². The zero-order valence-corrected chi connectivity index (χ0v) is 8.83. The number of benzene rings is 1. The summed E-state index contributed by atoms with van der Waals surface area (Å²) in [5.74, 6) is -0.864. The van der Waals surface area contributed by atoms with E-state index in [4.69, 9.17) is 0 Å². The van der Waals surface area contributed by atoms with Crippen LogP contribution in [0.5, 0.6) is 0 Å². The summed E-state index contributed by atoms with van der Waals surface area (Å²) >= 11 is 0. The standard InChI is InChI=1S/C10H10F2N4/c1-13-10-14-9(16(2)15-10)6-3-4-7(11)8(12)5-6/h3-5H,1-2H3,(H,13,15). The van der Waals surface area contributed by atoms with Crippen LogP contribution in [-0.2, 0) is 7.05 Å². The Kier molecular flexibility index (Phi) is 2.55. The molecule has 0 unspecified atom stereocenters. The molecule has 0 amide bonds. The van der Waals surface area contributed by atoms with Crippen molar-refractivity contribution >= 4 is 5.95 Å². The van der Waals surface area contributed by atoms with Crippen molar-refractivity contribution in [3.05, 3.63) is 29.8 Å². The molecule has 84 valence electrons. The second-order valence-electron chi connectivity index (χ2n) is 3.26. The van der Waals surface area contributed by atoms with Gasteiger partial charge in [-0.25, -0.2) is 13.5 Å². The third-order valence-corrected chi connectivity index (χ3v) is 2.16. The Hall–Kier alpha value is -1.98. The van der Waals surface area contributed by atoms with Gasteiger partial charge in [0.2, 0.25) is 5.95 Å². The van der Waals surface area contributed by atoms with E-state index >= 15 is 0 Å². The third-order valence-electron chi connectivity index (χ3n) is 2.16. The summed E-state index contributed by atoms with van der Waals surface area (Å²) in [6.07, 6.45) is 0. The number of nitrogens with one attached hydrogen (secondary N) is 1. The zero-order valence-electron chi connectivity index (χ0n) is 8.83. The van der Waals surface area contributed by atoms with Crippen molar-refractivity contribution in [2.45, 2.75) is 0 Å². The normalized spacial score (nSPS) is 10.5. The summed E-state index contributed by atoms with van der Waals surface area (Å²) in [6.45, 7) is 0. The molecule has 0 spiro atoms. The van der Waals surface area contributed by atoms with Gasteiger partial charge in [-0.2, -0.15) is 4.98 Å². The molecule has 1 heterocycles. The molecule has 2 aromatic rings. The highest BCUT2D eigenvalue weighted by Gasteiger charge is 2.10. The number of aryl methyl sites for hydroxylation is 1. The number of nitrogens with zero attached hydrogens (tertiary/aromatic N) is 3. The van der Waals surface area contributed by atoms with E-state index in [1.54, 1.807) is 14.1 Å². The summed E-state index contributed by atoms with van der Waals surface area (Å²) in [4.78, 5) is 4.12. The van der Waals surface area contributed by atoms with E-state index < -0.39 is 11.6 Å². The summed E-state index contributed by atoms with van der Waals surface area (Å²) in [7, 11) is 3.37. The summed E-state index contributed by atoms with van der Waals surface area (Å²) in [5, 5.41) is 6.81. The largest absolute Gasteiger partial charge is 0.356 e. The highest BCUT2D eigenvalue weighted by molar-refractivity contribution is 5.56. The molecule has 1 aromatic carbocycles.